The van der Waals surface area contributed by atoms with Gasteiger partial charge in [-0.15, -0.1) is 0 Å². The highest BCUT2D eigenvalue weighted by molar-refractivity contribution is 5.79. The predicted molar refractivity (Wildman–Crippen MR) is 87.2 cm³/mol. The molecule has 3 heterocycles. The van der Waals surface area contributed by atoms with Crippen LogP contribution in [0, 0.1) is 0 Å². The molecule has 23 heavy (non-hydrogen) atoms. The zero-order valence-electron chi connectivity index (χ0n) is 13.2. The van der Waals surface area contributed by atoms with Gasteiger partial charge in [0.2, 0.25) is 5.75 Å². The Bertz CT molecular complexity index is 757. The lowest BCUT2D eigenvalue weighted by Gasteiger charge is -2.29. The molecule has 4 rings (SSSR count). The van der Waals surface area contributed by atoms with Gasteiger partial charge >= 0.3 is 5.63 Å². The van der Waals surface area contributed by atoms with Crippen LogP contribution in [-0.4, -0.2) is 24.8 Å². The summed E-state index contributed by atoms with van der Waals surface area (Å²) in [5.41, 5.74) is 0.0873. The van der Waals surface area contributed by atoms with E-state index in [2.05, 4.69) is 5.32 Å². The van der Waals surface area contributed by atoms with E-state index in [9.17, 15) is 4.79 Å². The molecule has 2 aromatic rings. The maximum absolute atomic E-state index is 11.9. The average Bonchev–Trinajstić information content (AvgIpc) is 2.87. The average molecular weight is 315 g/mol. The van der Waals surface area contributed by atoms with Gasteiger partial charge in [0.15, 0.2) is 0 Å². The fourth-order valence-corrected chi connectivity index (χ4v) is 3.70. The van der Waals surface area contributed by atoms with Crippen molar-refractivity contribution in [1.82, 2.24) is 5.32 Å². The molecular weight excluding hydrogens is 294 g/mol. The first-order valence-electron chi connectivity index (χ1n) is 8.34. The number of fused-ring (bicyclic) bond motifs is 3. The Morgan fingerprint density at radius 3 is 2.74 bits per heavy atom. The summed E-state index contributed by atoms with van der Waals surface area (Å²) in [6.07, 6.45) is 4.82. The Kier molecular flexibility index (Phi) is 3.73. The molecule has 1 aromatic heterocycles. The van der Waals surface area contributed by atoms with Crippen molar-refractivity contribution >= 4 is 11.0 Å². The van der Waals surface area contributed by atoms with Crippen molar-refractivity contribution in [2.75, 3.05) is 6.61 Å². The number of piperidine rings is 1. The van der Waals surface area contributed by atoms with Crippen molar-refractivity contribution < 1.29 is 13.9 Å². The lowest BCUT2D eigenvalue weighted by Crippen LogP contribution is -2.42. The minimum absolute atomic E-state index is 0.237. The Labute approximate surface area is 134 Å². The van der Waals surface area contributed by atoms with Crippen molar-refractivity contribution in [3.63, 3.8) is 0 Å². The topological polar surface area (TPSA) is 60.7 Å². The standard InChI is InChI=1S/C18H21NO4/c1-2-21-17-7-11-3-6-14(10-16(11)23-18(17)20)22-15-8-12-4-5-13(9-15)19-12/h3,6-7,10,12-13,15,19H,2,4-5,8-9H2,1H3/t12-,13+,15?. The van der Waals surface area contributed by atoms with Gasteiger partial charge in [-0.25, -0.2) is 4.79 Å². The van der Waals surface area contributed by atoms with Crippen molar-refractivity contribution in [3.05, 3.63) is 34.7 Å². The second-order valence-corrected chi connectivity index (χ2v) is 6.38. The molecule has 1 aromatic carbocycles. The molecule has 0 spiro atoms. The van der Waals surface area contributed by atoms with Gasteiger partial charge in [0.25, 0.3) is 0 Å². The highest BCUT2D eigenvalue weighted by Gasteiger charge is 2.34. The van der Waals surface area contributed by atoms with Crippen LogP contribution in [0.5, 0.6) is 11.5 Å². The summed E-state index contributed by atoms with van der Waals surface area (Å²) in [6, 6.07) is 8.54. The SMILES string of the molecule is CCOc1cc2ccc(OC3C[C@H]4CC[C@@H](C3)N4)cc2oc1=O. The maximum Gasteiger partial charge on any atom is 0.379 e. The van der Waals surface area contributed by atoms with E-state index in [1.165, 1.54) is 12.8 Å². The lowest BCUT2D eigenvalue weighted by molar-refractivity contribution is 0.137. The summed E-state index contributed by atoms with van der Waals surface area (Å²) < 4.78 is 16.8. The van der Waals surface area contributed by atoms with Crippen LogP contribution in [0.3, 0.4) is 0 Å². The minimum Gasteiger partial charge on any atom is -0.490 e. The molecule has 2 fully saturated rings. The Morgan fingerprint density at radius 1 is 1.22 bits per heavy atom. The maximum atomic E-state index is 11.9. The van der Waals surface area contributed by atoms with Crippen molar-refractivity contribution in [3.8, 4) is 11.5 Å². The van der Waals surface area contributed by atoms with Crippen LogP contribution in [0.2, 0.25) is 0 Å². The molecule has 5 heteroatoms. The normalized spacial score (nSPS) is 26.4. The van der Waals surface area contributed by atoms with E-state index >= 15 is 0 Å². The summed E-state index contributed by atoms with van der Waals surface area (Å²) >= 11 is 0. The van der Waals surface area contributed by atoms with Gasteiger partial charge in [0.05, 0.1) is 6.61 Å². The number of ether oxygens (including phenoxy) is 2. The Hall–Kier alpha value is -2.01. The lowest BCUT2D eigenvalue weighted by atomic mass is 10.0. The minimum atomic E-state index is -0.448. The molecule has 2 bridgehead atoms. The van der Waals surface area contributed by atoms with Crippen molar-refractivity contribution in [2.24, 2.45) is 0 Å². The molecule has 2 saturated heterocycles. The van der Waals surface area contributed by atoms with E-state index < -0.39 is 5.63 Å². The number of nitrogens with one attached hydrogen (secondary N) is 1. The van der Waals surface area contributed by atoms with E-state index in [0.717, 1.165) is 24.0 Å². The number of hydrogen-bond acceptors (Lipinski definition) is 5. The zero-order chi connectivity index (χ0) is 15.8. The van der Waals surface area contributed by atoms with Gasteiger partial charge in [-0.3, -0.25) is 0 Å². The van der Waals surface area contributed by atoms with Gasteiger partial charge in [-0.05, 0) is 50.8 Å². The zero-order valence-corrected chi connectivity index (χ0v) is 13.2. The van der Waals surface area contributed by atoms with Gasteiger partial charge in [0.1, 0.15) is 17.4 Å². The third kappa shape index (κ3) is 2.93. The van der Waals surface area contributed by atoms with Crippen LogP contribution in [-0.2, 0) is 0 Å². The van der Waals surface area contributed by atoms with E-state index in [1.807, 2.05) is 19.1 Å². The second-order valence-electron chi connectivity index (χ2n) is 6.38. The monoisotopic (exact) mass is 315 g/mol. The molecule has 3 atom stereocenters. The number of benzene rings is 1. The van der Waals surface area contributed by atoms with Crippen LogP contribution in [0.15, 0.2) is 33.5 Å². The number of rotatable bonds is 4. The second kappa shape index (κ2) is 5.89. The Morgan fingerprint density at radius 2 is 2.00 bits per heavy atom. The highest BCUT2D eigenvalue weighted by atomic mass is 16.5. The van der Waals surface area contributed by atoms with E-state index in [0.29, 0.717) is 24.3 Å². The summed E-state index contributed by atoms with van der Waals surface area (Å²) in [7, 11) is 0. The van der Waals surface area contributed by atoms with E-state index in [-0.39, 0.29) is 11.9 Å². The van der Waals surface area contributed by atoms with Gasteiger partial charge in [-0.1, -0.05) is 0 Å². The van der Waals surface area contributed by atoms with Crippen LogP contribution in [0.4, 0.5) is 0 Å². The molecule has 0 saturated carbocycles. The molecule has 0 radical (unpaired) electrons. The molecule has 5 nitrogen and oxygen atoms in total. The highest BCUT2D eigenvalue weighted by Crippen LogP contribution is 2.30. The third-order valence-corrected chi connectivity index (χ3v) is 4.71. The summed E-state index contributed by atoms with van der Waals surface area (Å²) in [4.78, 5) is 11.9. The largest absolute Gasteiger partial charge is 0.490 e. The third-order valence-electron chi connectivity index (χ3n) is 4.71. The van der Waals surface area contributed by atoms with Crippen LogP contribution < -0.4 is 20.4 Å². The first kappa shape index (κ1) is 14.6. The smallest absolute Gasteiger partial charge is 0.379 e. The predicted octanol–water partition coefficient (Wildman–Crippen LogP) is 2.85. The molecule has 2 aliphatic heterocycles. The summed E-state index contributed by atoms with van der Waals surface area (Å²) in [6.45, 7) is 2.28. The molecule has 0 amide bonds. The summed E-state index contributed by atoms with van der Waals surface area (Å²) in [5.74, 6) is 1.01. The molecular formula is C18H21NO4. The summed E-state index contributed by atoms with van der Waals surface area (Å²) in [5, 5.41) is 4.45. The van der Waals surface area contributed by atoms with Crippen LogP contribution >= 0.6 is 0 Å². The fourth-order valence-electron chi connectivity index (χ4n) is 3.70. The van der Waals surface area contributed by atoms with E-state index in [4.69, 9.17) is 13.9 Å². The molecule has 1 N–H and O–H groups in total. The van der Waals surface area contributed by atoms with E-state index in [1.54, 1.807) is 12.1 Å². The molecule has 2 aliphatic rings. The molecule has 1 unspecified atom stereocenters. The van der Waals surface area contributed by atoms with Gasteiger partial charge in [-0.2, -0.15) is 0 Å². The fraction of sp³-hybridized carbons (Fsp3) is 0.500. The van der Waals surface area contributed by atoms with Gasteiger partial charge in [0, 0.05) is 23.5 Å². The number of hydrogen-bond donors (Lipinski definition) is 1. The van der Waals surface area contributed by atoms with Crippen LogP contribution in [0.25, 0.3) is 11.0 Å². The molecule has 122 valence electrons. The van der Waals surface area contributed by atoms with Crippen LogP contribution in [0.1, 0.15) is 32.6 Å². The quantitative estimate of drug-likeness (QED) is 0.879. The first-order chi connectivity index (χ1) is 11.2. The van der Waals surface area contributed by atoms with Crippen molar-refractivity contribution in [1.29, 1.82) is 0 Å². The van der Waals surface area contributed by atoms with Crippen molar-refractivity contribution in [2.45, 2.75) is 50.8 Å². The first-order valence-corrected chi connectivity index (χ1v) is 8.34. The molecule has 0 aliphatic carbocycles. The Balaban J connectivity index is 1.56. The van der Waals surface area contributed by atoms with Gasteiger partial charge < -0.3 is 19.2 Å².